The molecule has 0 radical (unpaired) electrons. The van der Waals surface area contributed by atoms with E-state index >= 15 is 0 Å². The Kier molecular flexibility index (Phi) is 65.2. The smallest absolute Gasteiger partial charge is 0.306 e. The van der Waals surface area contributed by atoms with Crippen molar-refractivity contribution >= 4 is 17.9 Å². The summed E-state index contributed by atoms with van der Waals surface area (Å²) in [6.45, 7) is 6.50. The van der Waals surface area contributed by atoms with E-state index in [0.29, 0.717) is 19.3 Å². The van der Waals surface area contributed by atoms with Gasteiger partial charge in [0.2, 0.25) is 0 Å². The summed E-state index contributed by atoms with van der Waals surface area (Å²) in [6.07, 6.45) is 90.5. The van der Waals surface area contributed by atoms with Crippen molar-refractivity contribution in [2.24, 2.45) is 0 Å². The number of unbranched alkanes of at least 4 members (excludes halogenated alkanes) is 38. The number of carbonyl (C=O) groups is 3. The Hall–Kier alpha value is -3.41. The number of ether oxygens (including phenoxy) is 3. The highest BCUT2D eigenvalue weighted by Gasteiger charge is 2.19. The van der Waals surface area contributed by atoms with Gasteiger partial charge in [-0.15, -0.1) is 0 Å². The van der Waals surface area contributed by atoms with Crippen LogP contribution in [0.25, 0.3) is 0 Å². The van der Waals surface area contributed by atoms with Gasteiger partial charge in [-0.25, -0.2) is 0 Å². The fourth-order valence-corrected chi connectivity index (χ4v) is 9.93. The molecule has 0 aliphatic rings. The molecule has 0 aromatic heterocycles. The molecule has 0 rings (SSSR count). The quantitative estimate of drug-likeness (QED) is 0.0261. The Morgan fingerprint density at radius 1 is 0.263 bits per heavy atom. The molecule has 0 heterocycles. The van der Waals surface area contributed by atoms with Gasteiger partial charge in [0.25, 0.3) is 0 Å². The van der Waals surface area contributed by atoms with E-state index in [1.54, 1.807) is 0 Å². The molecule has 1 unspecified atom stereocenters. The van der Waals surface area contributed by atoms with E-state index in [2.05, 4.69) is 106 Å². The summed E-state index contributed by atoms with van der Waals surface area (Å²) in [5, 5.41) is 0. The molecule has 6 heteroatoms. The second kappa shape index (κ2) is 68.1. The number of esters is 3. The molecule has 462 valence electrons. The molecule has 0 saturated carbocycles. The summed E-state index contributed by atoms with van der Waals surface area (Å²) >= 11 is 0. The average Bonchev–Trinajstić information content (AvgIpc) is 3.46. The lowest BCUT2D eigenvalue weighted by Crippen LogP contribution is -2.30. The highest BCUT2D eigenvalue weighted by atomic mass is 16.6. The third-order valence-corrected chi connectivity index (χ3v) is 15.1. The van der Waals surface area contributed by atoms with Crippen LogP contribution < -0.4 is 0 Å². The summed E-state index contributed by atoms with van der Waals surface area (Å²) < 4.78 is 16.9. The molecular formula is C74H130O6. The molecule has 0 aliphatic heterocycles. The van der Waals surface area contributed by atoms with Crippen molar-refractivity contribution in [1.82, 2.24) is 0 Å². The normalized spacial score (nSPS) is 12.6. The third-order valence-electron chi connectivity index (χ3n) is 15.1. The Morgan fingerprint density at radius 3 is 0.800 bits per heavy atom. The van der Waals surface area contributed by atoms with Crippen molar-refractivity contribution in [3.05, 3.63) is 85.1 Å². The van der Waals surface area contributed by atoms with E-state index in [4.69, 9.17) is 14.2 Å². The van der Waals surface area contributed by atoms with Gasteiger partial charge in [0, 0.05) is 19.3 Å². The molecule has 1 atom stereocenters. The van der Waals surface area contributed by atoms with Crippen molar-refractivity contribution in [3.8, 4) is 0 Å². The molecule has 0 aromatic carbocycles. The maximum atomic E-state index is 12.9. The van der Waals surface area contributed by atoms with E-state index in [-0.39, 0.29) is 31.1 Å². The first-order valence-electron chi connectivity index (χ1n) is 34.6. The maximum absolute atomic E-state index is 12.9. The van der Waals surface area contributed by atoms with Crippen molar-refractivity contribution in [3.63, 3.8) is 0 Å². The van der Waals surface area contributed by atoms with E-state index in [1.165, 1.54) is 199 Å². The number of carbonyl (C=O) groups excluding carboxylic acids is 3. The molecule has 0 saturated heterocycles. The second-order valence-corrected chi connectivity index (χ2v) is 23.1. The number of hydrogen-bond donors (Lipinski definition) is 0. The summed E-state index contributed by atoms with van der Waals surface area (Å²) in [4.78, 5) is 38.3. The van der Waals surface area contributed by atoms with Gasteiger partial charge in [-0.2, -0.15) is 0 Å². The Balaban J connectivity index is 4.14. The van der Waals surface area contributed by atoms with Gasteiger partial charge >= 0.3 is 17.9 Å². The minimum Gasteiger partial charge on any atom is -0.462 e. The minimum absolute atomic E-state index is 0.0863. The third kappa shape index (κ3) is 65.4. The van der Waals surface area contributed by atoms with Crippen LogP contribution in [-0.4, -0.2) is 37.2 Å². The first-order valence-corrected chi connectivity index (χ1v) is 34.6. The predicted octanol–water partition coefficient (Wildman–Crippen LogP) is 23.8. The molecule has 0 amide bonds. The molecule has 0 N–H and O–H groups in total. The van der Waals surface area contributed by atoms with Gasteiger partial charge in [-0.3, -0.25) is 14.4 Å². The number of hydrogen-bond acceptors (Lipinski definition) is 6. The lowest BCUT2D eigenvalue weighted by Gasteiger charge is -2.18. The Bertz CT molecular complexity index is 1520. The molecule has 0 aromatic rings. The fourth-order valence-electron chi connectivity index (χ4n) is 9.93. The second-order valence-electron chi connectivity index (χ2n) is 23.1. The minimum atomic E-state index is -0.792. The first-order chi connectivity index (χ1) is 39.5. The SMILES string of the molecule is CC/C=C\C/C=C\C/C=C\C/C=C\CCCCCCC(=O)OC(COC(=O)CCCCCCC/C=C\CCCCC)COC(=O)CCCCCCCCCCCCCCCCCCCCCCC/C=C\C/C=C\CCCCCCC. The van der Waals surface area contributed by atoms with Crippen LogP contribution in [0.1, 0.15) is 348 Å². The molecule has 0 bridgehead atoms. The Morgan fingerprint density at radius 2 is 0.487 bits per heavy atom. The zero-order valence-corrected chi connectivity index (χ0v) is 53.1. The fraction of sp³-hybridized carbons (Fsp3) is 0.770. The van der Waals surface area contributed by atoms with Crippen LogP contribution in [0.4, 0.5) is 0 Å². The van der Waals surface area contributed by atoms with E-state index < -0.39 is 6.10 Å². The maximum Gasteiger partial charge on any atom is 0.306 e. The molecule has 6 nitrogen and oxygen atoms in total. The summed E-state index contributed by atoms with van der Waals surface area (Å²) in [7, 11) is 0. The summed E-state index contributed by atoms with van der Waals surface area (Å²) in [5.74, 6) is -0.906. The molecule has 80 heavy (non-hydrogen) atoms. The largest absolute Gasteiger partial charge is 0.462 e. The molecule has 0 fully saturated rings. The van der Waals surface area contributed by atoms with Crippen LogP contribution in [0.15, 0.2) is 85.1 Å². The zero-order valence-electron chi connectivity index (χ0n) is 53.1. The molecule has 0 aliphatic carbocycles. The van der Waals surface area contributed by atoms with Gasteiger partial charge in [0.15, 0.2) is 6.10 Å². The van der Waals surface area contributed by atoms with Crippen LogP contribution >= 0.6 is 0 Å². The van der Waals surface area contributed by atoms with Gasteiger partial charge in [-0.1, -0.05) is 298 Å². The average molecular weight is 1120 g/mol. The van der Waals surface area contributed by atoms with E-state index in [9.17, 15) is 14.4 Å². The van der Waals surface area contributed by atoms with Crippen molar-refractivity contribution < 1.29 is 28.6 Å². The Labute approximate surface area is 496 Å². The van der Waals surface area contributed by atoms with Crippen LogP contribution in [0.2, 0.25) is 0 Å². The highest BCUT2D eigenvalue weighted by Crippen LogP contribution is 2.17. The topological polar surface area (TPSA) is 78.9 Å². The van der Waals surface area contributed by atoms with Crippen LogP contribution in [0.5, 0.6) is 0 Å². The van der Waals surface area contributed by atoms with Gasteiger partial charge in [0.05, 0.1) is 0 Å². The number of rotatable bonds is 63. The summed E-state index contributed by atoms with van der Waals surface area (Å²) in [5.41, 5.74) is 0. The van der Waals surface area contributed by atoms with Crippen molar-refractivity contribution in [2.75, 3.05) is 13.2 Å². The zero-order chi connectivity index (χ0) is 57.8. The standard InChI is InChI=1S/C74H130O6/c1-4-7-10-13-16-19-22-25-27-29-30-31-32-33-34-35-36-37-38-39-40-41-42-43-44-46-47-49-52-55-58-61-64-67-73(76)79-70-71(69-78-72(75)66-63-60-57-54-51-24-21-18-15-12-9-6-3)80-74(77)68-65-62-59-56-53-50-48-45-28-26-23-20-17-14-11-8-5-2/h8,11,17-18,20-22,25-26,28-30,48,50,71H,4-7,9-10,12-16,19,23-24,27,31-47,49,51-70H2,1-3H3/b11-8-,20-17-,21-18-,25-22-,28-26-,30-29-,50-48-. The summed E-state index contributed by atoms with van der Waals surface area (Å²) in [6, 6.07) is 0. The lowest BCUT2D eigenvalue weighted by atomic mass is 10.0. The van der Waals surface area contributed by atoms with Gasteiger partial charge < -0.3 is 14.2 Å². The van der Waals surface area contributed by atoms with Crippen LogP contribution in [-0.2, 0) is 28.6 Å². The molecule has 0 spiro atoms. The van der Waals surface area contributed by atoms with E-state index in [0.717, 1.165) is 109 Å². The highest BCUT2D eigenvalue weighted by molar-refractivity contribution is 5.71. The predicted molar refractivity (Wildman–Crippen MR) is 348 cm³/mol. The van der Waals surface area contributed by atoms with Crippen LogP contribution in [0.3, 0.4) is 0 Å². The van der Waals surface area contributed by atoms with E-state index in [1.807, 2.05) is 0 Å². The van der Waals surface area contributed by atoms with Crippen molar-refractivity contribution in [1.29, 1.82) is 0 Å². The first kappa shape index (κ1) is 76.6. The lowest BCUT2D eigenvalue weighted by molar-refractivity contribution is -0.167. The number of allylic oxidation sites excluding steroid dienone is 14. The van der Waals surface area contributed by atoms with Crippen molar-refractivity contribution in [2.45, 2.75) is 354 Å². The van der Waals surface area contributed by atoms with Crippen LogP contribution in [0, 0.1) is 0 Å². The van der Waals surface area contributed by atoms with Gasteiger partial charge in [-0.05, 0) is 116 Å². The monoisotopic (exact) mass is 1110 g/mol. The van der Waals surface area contributed by atoms with Gasteiger partial charge in [0.1, 0.15) is 13.2 Å². The molecular weight excluding hydrogens is 985 g/mol.